The van der Waals surface area contributed by atoms with Gasteiger partial charge in [-0.2, -0.15) is 0 Å². The van der Waals surface area contributed by atoms with Crippen LogP contribution in [0.25, 0.3) is 10.7 Å². The number of methoxy groups -OCH3 is 1. The second kappa shape index (κ2) is 8.26. The molecule has 7 heteroatoms. The molecule has 0 spiro atoms. The largest absolute Gasteiger partial charge is 0.494 e. The van der Waals surface area contributed by atoms with Gasteiger partial charge in [-0.05, 0) is 43.7 Å². The van der Waals surface area contributed by atoms with E-state index in [1.165, 1.54) is 24.5 Å². The molecule has 0 aliphatic heterocycles. The molecule has 3 aromatic rings. The SMILES string of the molecule is CCN(Cc1ccc(OC)c(F)c1)C(=O)c1sc(-c2ccccn2)nc1C. The number of aryl methyl sites for hydroxylation is 1. The first-order chi connectivity index (χ1) is 13.0. The maximum absolute atomic E-state index is 13.9. The number of pyridine rings is 1. The molecule has 1 amide bonds. The average Bonchev–Trinajstić information content (AvgIpc) is 3.08. The summed E-state index contributed by atoms with van der Waals surface area (Å²) in [4.78, 5) is 24.0. The van der Waals surface area contributed by atoms with Crippen molar-refractivity contribution in [1.82, 2.24) is 14.9 Å². The van der Waals surface area contributed by atoms with Gasteiger partial charge in [0.25, 0.3) is 5.91 Å². The molecule has 2 heterocycles. The Morgan fingerprint density at radius 2 is 2.11 bits per heavy atom. The molecule has 0 aliphatic carbocycles. The number of carbonyl (C=O) groups excluding carboxylic acids is 1. The molecule has 0 atom stereocenters. The van der Waals surface area contributed by atoms with Crippen molar-refractivity contribution in [3.8, 4) is 16.5 Å². The molecule has 2 aromatic heterocycles. The number of hydrogen-bond acceptors (Lipinski definition) is 5. The van der Waals surface area contributed by atoms with Gasteiger partial charge in [0.1, 0.15) is 9.88 Å². The third-order valence-corrected chi connectivity index (χ3v) is 5.30. The van der Waals surface area contributed by atoms with Crippen molar-refractivity contribution in [2.75, 3.05) is 13.7 Å². The molecule has 0 unspecified atom stereocenters. The fraction of sp³-hybridized carbons (Fsp3) is 0.250. The number of aromatic nitrogens is 2. The first-order valence-electron chi connectivity index (χ1n) is 8.54. The zero-order chi connectivity index (χ0) is 19.4. The molecule has 0 radical (unpaired) electrons. The second-order valence-electron chi connectivity index (χ2n) is 5.94. The third-order valence-electron chi connectivity index (χ3n) is 4.13. The lowest BCUT2D eigenvalue weighted by atomic mass is 10.2. The lowest BCUT2D eigenvalue weighted by Gasteiger charge is -2.20. The van der Waals surface area contributed by atoms with Crippen LogP contribution in [-0.2, 0) is 6.54 Å². The number of amides is 1. The van der Waals surface area contributed by atoms with Crippen LogP contribution in [0.3, 0.4) is 0 Å². The molecule has 0 bridgehead atoms. The molecule has 1 aromatic carbocycles. The number of nitrogens with zero attached hydrogens (tertiary/aromatic N) is 3. The molecule has 5 nitrogen and oxygen atoms in total. The second-order valence-corrected chi connectivity index (χ2v) is 6.94. The number of halogens is 1. The van der Waals surface area contributed by atoms with Gasteiger partial charge in [0.2, 0.25) is 0 Å². The molecular weight excluding hydrogens is 365 g/mol. The van der Waals surface area contributed by atoms with Gasteiger partial charge in [-0.25, -0.2) is 9.37 Å². The van der Waals surface area contributed by atoms with Crippen LogP contribution in [0, 0.1) is 12.7 Å². The van der Waals surface area contributed by atoms with Crippen LogP contribution in [-0.4, -0.2) is 34.4 Å². The van der Waals surface area contributed by atoms with E-state index in [-0.39, 0.29) is 11.7 Å². The molecule has 140 valence electrons. The van der Waals surface area contributed by atoms with Crippen molar-refractivity contribution in [3.63, 3.8) is 0 Å². The van der Waals surface area contributed by atoms with Crippen molar-refractivity contribution in [2.45, 2.75) is 20.4 Å². The van der Waals surface area contributed by atoms with Crippen molar-refractivity contribution in [3.05, 3.63) is 64.5 Å². The lowest BCUT2D eigenvalue weighted by molar-refractivity contribution is 0.0756. The summed E-state index contributed by atoms with van der Waals surface area (Å²) in [6, 6.07) is 10.3. The highest BCUT2D eigenvalue weighted by molar-refractivity contribution is 7.17. The normalized spacial score (nSPS) is 10.7. The highest BCUT2D eigenvalue weighted by Crippen LogP contribution is 2.28. The predicted octanol–water partition coefficient (Wildman–Crippen LogP) is 4.32. The number of ether oxygens (including phenoxy) is 1. The predicted molar refractivity (Wildman–Crippen MR) is 103 cm³/mol. The summed E-state index contributed by atoms with van der Waals surface area (Å²) in [5.41, 5.74) is 2.12. The van der Waals surface area contributed by atoms with E-state index in [2.05, 4.69) is 9.97 Å². The summed E-state index contributed by atoms with van der Waals surface area (Å²) in [5.74, 6) is -0.373. The molecule has 0 saturated heterocycles. The van der Waals surface area contributed by atoms with Gasteiger partial charge in [-0.1, -0.05) is 12.1 Å². The maximum Gasteiger partial charge on any atom is 0.266 e. The van der Waals surface area contributed by atoms with Crippen molar-refractivity contribution in [2.24, 2.45) is 0 Å². The van der Waals surface area contributed by atoms with E-state index in [4.69, 9.17) is 4.74 Å². The first-order valence-corrected chi connectivity index (χ1v) is 9.35. The highest BCUT2D eigenvalue weighted by atomic mass is 32.1. The van der Waals surface area contributed by atoms with E-state index in [9.17, 15) is 9.18 Å². The topological polar surface area (TPSA) is 55.3 Å². The Morgan fingerprint density at radius 3 is 2.74 bits per heavy atom. The van der Waals surface area contributed by atoms with E-state index in [1.807, 2.05) is 32.0 Å². The van der Waals surface area contributed by atoms with Crippen LogP contribution >= 0.6 is 11.3 Å². The fourth-order valence-electron chi connectivity index (χ4n) is 2.69. The first kappa shape index (κ1) is 19.0. The van der Waals surface area contributed by atoms with Gasteiger partial charge in [0.05, 0.1) is 18.5 Å². The zero-order valence-electron chi connectivity index (χ0n) is 15.4. The minimum Gasteiger partial charge on any atom is -0.494 e. The molecular formula is C20H20FN3O2S. The third kappa shape index (κ3) is 4.14. The quantitative estimate of drug-likeness (QED) is 0.634. The Labute approximate surface area is 161 Å². The lowest BCUT2D eigenvalue weighted by Crippen LogP contribution is -2.30. The molecule has 0 saturated carbocycles. The van der Waals surface area contributed by atoms with Gasteiger partial charge < -0.3 is 9.64 Å². The number of hydrogen-bond donors (Lipinski definition) is 0. The van der Waals surface area contributed by atoms with Gasteiger partial charge in [-0.3, -0.25) is 9.78 Å². The monoisotopic (exact) mass is 385 g/mol. The fourth-order valence-corrected chi connectivity index (χ4v) is 3.70. The number of rotatable bonds is 6. The summed E-state index contributed by atoms with van der Waals surface area (Å²) in [5, 5.41) is 0.711. The smallest absolute Gasteiger partial charge is 0.266 e. The van der Waals surface area contributed by atoms with Crippen molar-refractivity contribution >= 4 is 17.2 Å². The van der Waals surface area contributed by atoms with Crippen LogP contribution < -0.4 is 4.74 Å². The van der Waals surface area contributed by atoms with Crippen molar-refractivity contribution in [1.29, 1.82) is 0 Å². The standard InChI is InChI=1S/C20H20FN3O2S/c1-4-24(12-14-8-9-17(26-3)15(21)11-14)20(25)18-13(2)23-19(27-18)16-7-5-6-10-22-16/h5-11H,4,12H2,1-3H3. The zero-order valence-corrected chi connectivity index (χ0v) is 16.2. The van der Waals surface area contributed by atoms with E-state index >= 15 is 0 Å². The minimum atomic E-state index is -0.440. The Balaban J connectivity index is 1.83. The van der Waals surface area contributed by atoms with Crippen LogP contribution in [0.4, 0.5) is 4.39 Å². The molecule has 3 rings (SSSR count). The van der Waals surface area contributed by atoms with Gasteiger partial charge in [-0.15, -0.1) is 11.3 Å². The Morgan fingerprint density at radius 1 is 1.30 bits per heavy atom. The summed E-state index contributed by atoms with van der Waals surface area (Å²) in [6.07, 6.45) is 1.70. The van der Waals surface area contributed by atoms with Gasteiger partial charge in [0, 0.05) is 19.3 Å². The number of carbonyl (C=O) groups is 1. The minimum absolute atomic E-state index is 0.120. The molecule has 0 N–H and O–H groups in total. The molecule has 27 heavy (non-hydrogen) atoms. The molecule has 0 fully saturated rings. The van der Waals surface area contributed by atoms with Gasteiger partial charge >= 0.3 is 0 Å². The van der Waals surface area contributed by atoms with E-state index < -0.39 is 5.82 Å². The number of benzene rings is 1. The summed E-state index contributed by atoms with van der Waals surface area (Å²) >= 11 is 1.33. The Hall–Kier alpha value is -2.80. The Kier molecular flexibility index (Phi) is 5.81. The Bertz CT molecular complexity index is 944. The highest BCUT2D eigenvalue weighted by Gasteiger charge is 2.22. The summed E-state index contributed by atoms with van der Waals surface area (Å²) < 4.78 is 18.9. The van der Waals surface area contributed by atoms with Gasteiger partial charge in [0.15, 0.2) is 11.6 Å². The average molecular weight is 385 g/mol. The summed E-state index contributed by atoms with van der Waals surface area (Å²) in [7, 11) is 1.42. The van der Waals surface area contributed by atoms with E-state index in [0.29, 0.717) is 34.2 Å². The van der Waals surface area contributed by atoms with Crippen LogP contribution in [0.15, 0.2) is 42.6 Å². The molecule has 0 aliphatic rings. The van der Waals surface area contributed by atoms with Crippen LogP contribution in [0.2, 0.25) is 0 Å². The summed E-state index contributed by atoms with van der Waals surface area (Å²) in [6.45, 7) is 4.53. The van der Waals surface area contributed by atoms with Crippen LogP contribution in [0.1, 0.15) is 27.9 Å². The van der Waals surface area contributed by atoms with E-state index in [0.717, 1.165) is 5.69 Å². The van der Waals surface area contributed by atoms with Crippen LogP contribution in [0.5, 0.6) is 5.75 Å². The number of thiazole rings is 1. The van der Waals surface area contributed by atoms with E-state index in [1.54, 1.807) is 23.2 Å². The maximum atomic E-state index is 13.9. The van der Waals surface area contributed by atoms with Crippen molar-refractivity contribution < 1.29 is 13.9 Å².